The zero-order valence-electron chi connectivity index (χ0n) is 13.7. The molecule has 118 valence electrons. The summed E-state index contributed by atoms with van der Waals surface area (Å²) in [6.45, 7) is 0.975. The van der Waals surface area contributed by atoms with Gasteiger partial charge in [0.25, 0.3) is 0 Å². The van der Waals surface area contributed by atoms with Gasteiger partial charge in [0.15, 0.2) is 0 Å². The molecule has 0 saturated heterocycles. The van der Waals surface area contributed by atoms with Gasteiger partial charge < -0.3 is 5.32 Å². The predicted octanol–water partition coefficient (Wildman–Crippen LogP) is 4.75. The molecule has 2 aliphatic carbocycles. The van der Waals surface area contributed by atoms with E-state index in [-0.39, 0.29) is 0 Å². The van der Waals surface area contributed by atoms with Gasteiger partial charge in [0, 0.05) is 12.6 Å². The number of hydrogen-bond donors (Lipinski definition) is 1. The summed E-state index contributed by atoms with van der Waals surface area (Å²) in [5.41, 5.74) is 7.22. The lowest BCUT2D eigenvalue weighted by Gasteiger charge is -2.14. The van der Waals surface area contributed by atoms with Crippen LogP contribution in [0.1, 0.15) is 47.9 Å². The Morgan fingerprint density at radius 2 is 1.39 bits per heavy atom. The summed E-state index contributed by atoms with van der Waals surface area (Å²) in [4.78, 5) is 0. The fourth-order valence-electron chi connectivity index (χ4n) is 4.09. The molecule has 1 N–H and O–H groups in total. The van der Waals surface area contributed by atoms with Crippen molar-refractivity contribution in [1.29, 1.82) is 0 Å². The summed E-state index contributed by atoms with van der Waals surface area (Å²) in [5.74, 6) is 0. The smallest absolute Gasteiger partial charge is 0.0146 e. The molecule has 0 atom stereocenters. The zero-order valence-corrected chi connectivity index (χ0v) is 13.7. The quantitative estimate of drug-likeness (QED) is 0.863. The van der Waals surface area contributed by atoms with Crippen LogP contribution in [-0.4, -0.2) is 12.6 Å². The SMILES string of the molecule is C(CNC1CCCC1)=C1c2ccccc2CCc2ccccc21. The van der Waals surface area contributed by atoms with Crippen LogP contribution in [0.5, 0.6) is 0 Å². The molecule has 2 aromatic rings. The molecule has 1 heteroatoms. The van der Waals surface area contributed by atoms with Crippen molar-refractivity contribution in [3.63, 3.8) is 0 Å². The molecule has 4 rings (SSSR count). The van der Waals surface area contributed by atoms with Crippen molar-refractivity contribution < 1.29 is 0 Å². The maximum Gasteiger partial charge on any atom is 0.0146 e. The van der Waals surface area contributed by atoms with Gasteiger partial charge in [-0.25, -0.2) is 0 Å². The molecular weight excluding hydrogens is 278 g/mol. The van der Waals surface area contributed by atoms with Gasteiger partial charge in [-0.15, -0.1) is 0 Å². The summed E-state index contributed by atoms with van der Waals surface area (Å²) in [5, 5.41) is 3.73. The summed E-state index contributed by atoms with van der Waals surface area (Å²) >= 11 is 0. The van der Waals surface area contributed by atoms with E-state index in [0.29, 0.717) is 0 Å². The van der Waals surface area contributed by atoms with Gasteiger partial charge in [0.2, 0.25) is 0 Å². The average Bonchev–Trinajstić information content (AvgIpc) is 3.06. The molecule has 0 spiro atoms. The molecular formula is C22H25N. The van der Waals surface area contributed by atoms with Crippen molar-refractivity contribution in [1.82, 2.24) is 5.32 Å². The maximum absolute atomic E-state index is 3.73. The van der Waals surface area contributed by atoms with E-state index in [2.05, 4.69) is 59.9 Å². The van der Waals surface area contributed by atoms with Crippen molar-refractivity contribution in [3.05, 3.63) is 76.9 Å². The Hall–Kier alpha value is -1.86. The highest BCUT2D eigenvalue weighted by atomic mass is 14.9. The molecule has 0 unspecified atom stereocenters. The van der Waals surface area contributed by atoms with Gasteiger partial charge >= 0.3 is 0 Å². The Labute approximate surface area is 139 Å². The Kier molecular flexibility index (Phi) is 4.30. The average molecular weight is 303 g/mol. The van der Waals surface area contributed by atoms with E-state index in [0.717, 1.165) is 25.4 Å². The summed E-state index contributed by atoms with van der Waals surface area (Å²) < 4.78 is 0. The van der Waals surface area contributed by atoms with E-state index in [1.54, 1.807) is 0 Å². The fourth-order valence-corrected chi connectivity index (χ4v) is 4.09. The molecule has 23 heavy (non-hydrogen) atoms. The molecule has 2 aromatic carbocycles. The van der Waals surface area contributed by atoms with Crippen molar-refractivity contribution >= 4 is 5.57 Å². The first-order valence-corrected chi connectivity index (χ1v) is 9.02. The lowest BCUT2D eigenvalue weighted by molar-refractivity contribution is 0.557. The minimum Gasteiger partial charge on any atom is -0.310 e. The van der Waals surface area contributed by atoms with E-state index < -0.39 is 0 Å². The Balaban J connectivity index is 1.68. The maximum atomic E-state index is 3.73. The molecule has 1 saturated carbocycles. The molecule has 1 nitrogen and oxygen atoms in total. The van der Waals surface area contributed by atoms with Gasteiger partial charge in [-0.1, -0.05) is 67.4 Å². The number of benzene rings is 2. The predicted molar refractivity (Wildman–Crippen MR) is 97.6 cm³/mol. The zero-order chi connectivity index (χ0) is 15.5. The Morgan fingerprint density at radius 1 is 0.826 bits per heavy atom. The molecule has 0 heterocycles. The van der Waals surface area contributed by atoms with Crippen LogP contribution < -0.4 is 5.32 Å². The third kappa shape index (κ3) is 3.11. The summed E-state index contributed by atoms with van der Waals surface area (Å²) in [6, 6.07) is 18.6. The molecule has 2 aliphatic rings. The van der Waals surface area contributed by atoms with E-state index >= 15 is 0 Å². The topological polar surface area (TPSA) is 12.0 Å². The van der Waals surface area contributed by atoms with Gasteiger partial charge in [0.05, 0.1) is 0 Å². The van der Waals surface area contributed by atoms with Gasteiger partial charge in [-0.05, 0) is 53.5 Å². The number of hydrogen-bond acceptors (Lipinski definition) is 1. The number of aryl methyl sites for hydroxylation is 2. The van der Waals surface area contributed by atoms with E-state index in [4.69, 9.17) is 0 Å². The van der Waals surface area contributed by atoms with Gasteiger partial charge in [0.1, 0.15) is 0 Å². The van der Waals surface area contributed by atoms with Crippen molar-refractivity contribution in [2.24, 2.45) is 0 Å². The van der Waals surface area contributed by atoms with Gasteiger partial charge in [-0.2, -0.15) is 0 Å². The molecule has 1 fully saturated rings. The van der Waals surface area contributed by atoms with Crippen LogP contribution in [0.2, 0.25) is 0 Å². The first kappa shape index (κ1) is 14.7. The van der Waals surface area contributed by atoms with Crippen molar-refractivity contribution in [2.45, 2.75) is 44.6 Å². The van der Waals surface area contributed by atoms with E-state index in [1.807, 2.05) is 0 Å². The number of nitrogens with one attached hydrogen (secondary N) is 1. The first-order valence-electron chi connectivity index (χ1n) is 9.02. The van der Waals surface area contributed by atoms with Crippen molar-refractivity contribution in [2.75, 3.05) is 6.54 Å². The van der Waals surface area contributed by atoms with E-state index in [1.165, 1.54) is 53.5 Å². The second-order valence-electron chi connectivity index (χ2n) is 6.82. The fraction of sp³-hybridized carbons (Fsp3) is 0.364. The highest BCUT2D eigenvalue weighted by Gasteiger charge is 2.18. The summed E-state index contributed by atoms with van der Waals surface area (Å²) in [6.07, 6.45) is 10.2. The van der Waals surface area contributed by atoms with Crippen LogP contribution >= 0.6 is 0 Å². The molecule has 0 aromatic heterocycles. The third-order valence-corrected chi connectivity index (χ3v) is 5.35. The van der Waals surface area contributed by atoms with Crippen LogP contribution in [-0.2, 0) is 12.8 Å². The highest BCUT2D eigenvalue weighted by Crippen LogP contribution is 2.33. The van der Waals surface area contributed by atoms with Crippen LogP contribution in [0.3, 0.4) is 0 Å². The van der Waals surface area contributed by atoms with Crippen LogP contribution in [0.4, 0.5) is 0 Å². The Morgan fingerprint density at radius 3 is 2.00 bits per heavy atom. The summed E-state index contributed by atoms with van der Waals surface area (Å²) in [7, 11) is 0. The molecule has 0 radical (unpaired) electrons. The first-order chi connectivity index (χ1) is 11.4. The largest absolute Gasteiger partial charge is 0.310 e. The monoisotopic (exact) mass is 303 g/mol. The Bertz CT molecular complexity index is 658. The second-order valence-corrected chi connectivity index (χ2v) is 6.82. The van der Waals surface area contributed by atoms with Crippen LogP contribution in [0.15, 0.2) is 54.6 Å². The number of rotatable bonds is 3. The van der Waals surface area contributed by atoms with Crippen LogP contribution in [0.25, 0.3) is 5.57 Å². The van der Waals surface area contributed by atoms with E-state index in [9.17, 15) is 0 Å². The second kappa shape index (κ2) is 6.72. The van der Waals surface area contributed by atoms with Crippen molar-refractivity contribution in [3.8, 4) is 0 Å². The lowest BCUT2D eigenvalue weighted by Crippen LogP contribution is -2.26. The molecule has 0 aliphatic heterocycles. The van der Waals surface area contributed by atoms with Crippen LogP contribution in [0, 0.1) is 0 Å². The standard InChI is InChI=1S/C22H25N/c1-5-11-20-17(7-1)13-14-18-8-2-6-12-21(18)22(20)15-16-23-19-9-3-4-10-19/h1-2,5-8,11-12,15,19,23H,3-4,9-10,13-14,16H2. The van der Waals surface area contributed by atoms with Gasteiger partial charge in [-0.3, -0.25) is 0 Å². The minimum absolute atomic E-state index is 0.725. The highest BCUT2D eigenvalue weighted by molar-refractivity contribution is 5.84. The normalized spacial score (nSPS) is 17.5. The molecule has 0 bridgehead atoms. The third-order valence-electron chi connectivity index (χ3n) is 5.35. The minimum atomic E-state index is 0.725. The lowest BCUT2D eigenvalue weighted by atomic mass is 9.94. The molecule has 0 amide bonds. The number of fused-ring (bicyclic) bond motifs is 2.